The lowest BCUT2D eigenvalue weighted by Crippen LogP contribution is -2.25. The van der Waals surface area contributed by atoms with Crippen LogP contribution in [0.5, 0.6) is 0 Å². The molecule has 1 aliphatic rings. The van der Waals surface area contributed by atoms with Crippen LogP contribution < -0.4 is 10.2 Å². The van der Waals surface area contributed by atoms with Crippen LogP contribution in [-0.4, -0.2) is 47.1 Å². The third kappa shape index (κ3) is 6.50. The van der Waals surface area contributed by atoms with Crippen LogP contribution in [-0.2, 0) is 39.3 Å². The lowest BCUT2D eigenvalue weighted by atomic mass is 9.95. The molecular weight excluding hydrogens is 571 g/mol. The maximum atomic E-state index is 14.2. The average molecular weight is 606 g/mol. The quantitative estimate of drug-likeness (QED) is 0.395. The number of halogens is 3. The summed E-state index contributed by atoms with van der Waals surface area (Å²) in [6.45, 7) is 8.92. The van der Waals surface area contributed by atoms with Gasteiger partial charge in [-0.25, -0.2) is 13.4 Å². The molecule has 0 unspecified atom stereocenters. The maximum Gasteiger partial charge on any atom is 0.416 e. The first kappa shape index (κ1) is 31.2. The van der Waals surface area contributed by atoms with Crippen LogP contribution in [0, 0.1) is 6.92 Å². The van der Waals surface area contributed by atoms with Gasteiger partial charge in [0.2, 0.25) is 5.91 Å². The summed E-state index contributed by atoms with van der Waals surface area (Å²) in [6.07, 6.45) is -2.53. The molecule has 42 heavy (non-hydrogen) atoms. The van der Waals surface area contributed by atoms with E-state index in [2.05, 4.69) is 15.3 Å². The Balaban J connectivity index is 1.63. The Bertz CT molecular complexity index is 1610. The lowest BCUT2D eigenvalue weighted by molar-refractivity contribution is -0.138. The van der Waals surface area contributed by atoms with Crippen LogP contribution in [0.1, 0.15) is 79.4 Å². The monoisotopic (exact) mass is 605 g/mol. The fourth-order valence-corrected chi connectivity index (χ4v) is 5.68. The van der Waals surface area contributed by atoms with Gasteiger partial charge >= 0.3 is 6.18 Å². The molecule has 0 saturated carbocycles. The molecule has 13 heteroatoms. The number of hydrogen-bond donors (Lipinski definition) is 1. The minimum atomic E-state index is -4.66. The number of nitrogens with zero attached hydrogens (tertiary/aromatic N) is 4. The summed E-state index contributed by atoms with van der Waals surface area (Å²) in [7, 11) is -3.41. The van der Waals surface area contributed by atoms with Gasteiger partial charge in [-0.05, 0) is 43.2 Å². The molecule has 0 aliphatic carbocycles. The molecule has 3 heterocycles. The van der Waals surface area contributed by atoms with Gasteiger partial charge in [0.15, 0.2) is 9.84 Å². The molecule has 2 aromatic heterocycles. The minimum absolute atomic E-state index is 0.00264. The van der Waals surface area contributed by atoms with E-state index in [0.29, 0.717) is 36.6 Å². The van der Waals surface area contributed by atoms with Crippen molar-refractivity contribution in [3.8, 4) is 0 Å². The molecule has 1 aromatic carbocycles. The van der Waals surface area contributed by atoms with Gasteiger partial charge in [-0.2, -0.15) is 13.2 Å². The van der Waals surface area contributed by atoms with Gasteiger partial charge in [0.05, 0.1) is 28.5 Å². The Morgan fingerprint density at radius 1 is 1.12 bits per heavy atom. The summed E-state index contributed by atoms with van der Waals surface area (Å²) in [5.41, 5.74) is -0.370. The summed E-state index contributed by atoms with van der Waals surface area (Å²) in [6, 6.07) is 6.85. The van der Waals surface area contributed by atoms with E-state index in [-0.39, 0.29) is 46.6 Å². The number of hydrogen-bond acceptors (Lipinski definition) is 6. The Morgan fingerprint density at radius 2 is 1.83 bits per heavy atom. The van der Waals surface area contributed by atoms with Gasteiger partial charge in [-0.3, -0.25) is 14.6 Å². The molecule has 1 saturated heterocycles. The van der Waals surface area contributed by atoms with Crippen LogP contribution in [0.2, 0.25) is 0 Å². The summed E-state index contributed by atoms with van der Waals surface area (Å²) in [5, 5.41) is 2.72. The number of aromatic nitrogens is 3. The van der Waals surface area contributed by atoms with Crippen LogP contribution in [0.25, 0.3) is 0 Å². The number of sulfone groups is 1. The second-order valence-electron chi connectivity index (χ2n) is 11.3. The molecule has 0 radical (unpaired) electrons. The third-order valence-corrected chi connectivity index (χ3v) is 8.91. The average Bonchev–Trinajstić information content (AvgIpc) is 3.50. The van der Waals surface area contributed by atoms with Gasteiger partial charge in [0.1, 0.15) is 11.5 Å². The van der Waals surface area contributed by atoms with E-state index >= 15 is 0 Å². The van der Waals surface area contributed by atoms with Crippen LogP contribution in [0.3, 0.4) is 0 Å². The first-order valence-corrected chi connectivity index (χ1v) is 15.2. The van der Waals surface area contributed by atoms with Gasteiger partial charge in [0, 0.05) is 42.5 Å². The molecule has 4 rings (SSSR count). The highest BCUT2D eigenvalue weighted by Gasteiger charge is 2.36. The molecule has 0 spiro atoms. The minimum Gasteiger partial charge on any atom is -0.345 e. The molecule has 1 aliphatic heterocycles. The number of alkyl halides is 3. The fraction of sp³-hybridized carbons (Fsp3) is 0.448. The largest absolute Gasteiger partial charge is 0.416 e. The second-order valence-corrected chi connectivity index (χ2v) is 13.5. The van der Waals surface area contributed by atoms with Crippen molar-refractivity contribution in [1.82, 2.24) is 19.9 Å². The zero-order valence-electron chi connectivity index (χ0n) is 24.2. The number of benzene rings is 1. The second kappa shape index (κ2) is 11.5. The molecule has 1 fully saturated rings. The number of nitrogens with one attached hydrogen (secondary N) is 1. The number of imidazole rings is 1. The van der Waals surface area contributed by atoms with Crippen molar-refractivity contribution in [2.45, 2.75) is 77.0 Å². The normalized spacial score (nSPS) is 14.5. The first-order chi connectivity index (χ1) is 19.5. The molecule has 9 nitrogen and oxygen atoms in total. The number of carbonyl (C=O) groups excluding carboxylic acids is 2. The van der Waals surface area contributed by atoms with E-state index in [1.165, 1.54) is 42.3 Å². The predicted octanol–water partition coefficient (Wildman–Crippen LogP) is 4.80. The molecule has 226 valence electrons. The molecule has 1 N–H and O–H groups in total. The zero-order chi connectivity index (χ0) is 31.0. The van der Waals surface area contributed by atoms with Crippen molar-refractivity contribution >= 4 is 27.3 Å². The highest BCUT2D eigenvalue weighted by Crippen LogP contribution is 2.37. The number of amides is 2. The van der Waals surface area contributed by atoms with Crippen molar-refractivity contribution in [3.63, 3.8) is 0 Å². The van der Waals surface area contributed by atoms with Gasteiger partial charge < -0.3 is 14.8 Å². The van der Waals surface area contributed by atoms with E-state index in [0.717, 1.165) is 6.07 Å². The molecule has 2 amide bonds. The van der Waals surface area contributed by atoms with Crippen molar-refractivity contribution in [1.29, 1.82) is 0 Å². The topological polar surface area (TPSA) is 114 Å². The molecule has 0 bridgehead atoms. The van der Waals surface area contributed by atoms with Crippen molar-refractivity contribution in [2.24, 2.45) is 0 Å². The Kier molecular flexibility index (Phi) is 8.55. The van der Waals surface area contributed by atoms with E-state index in [1.54, 1.807) is 11.5 Å². The molecule has 0 atom stereocenters. The number of rotatable bonds is 8. The highest BCUT2D eigenvalue weighted by atomic mass is 32.2. The first-order valence-electron chi connectivity index (χ1n) is 13.6. The summed E-state index contributed by atoms with van der Waals surface area (Å²) >= 11 is 0. The van der Waals surface area contributed by atoms with E-state index in [4.69, 9.17) is 0 Å². The van der Waals surface area contributed by atoms with E-state index < -0.39 is 32.9 Å². The zero-order valence-corrected chi connectivity index (χ0v) is 25.0. The SMILES string of the molecule is CCS(=O)(=O)c1ccc(CNC(=O)c2nc(C(C)(C)C)n(Cc3ccc(N4CCCC4=O)cc3C(F)(F)F)c2C)nc1. The predicted molar refractivity (Wildman–Crippen MR) is 151 cm³/mol. The maximum absolute atomic E-state index is 14.2. The van der Waals surface area contributed by atoms with Gasteiger partial charge in [-0.1, -0.05) is 33.8 Å². The summed E-state index contributed by atoms with van der Waals surface area (Å²) in [5.74, 6) is -0.369. The van der Waals surface area contributed by atoms with Gasteiger partial charge in [-0.15, -0.1) is 0 Å². The number of carbonyl (C=O) groups is 2. The Hall–Kier alpha value is -3.74. The molecule has 3 aromatic rings. The number of pyridine rings is 1. The van der Waals surface area contributed by atoms with Crippen LogP contribution in [0.15, 0.2) is 41.4 Å². The van der Waals surface area contributed by atoms with Crippen LogP contribution >= 0.6 is 0 Å². The van der Waals surface area contributed by atoms with E-state index in [1.807, 2.05) is 20.8 Å². The van der Waals surface area contributed by atoms with Crippen molar-refractivity contribution < 1.29 is 31.2 Å². The number of anilines is 1. The highest BCUT2D eigenvalue weighted by molar-refractivity contribution is 7.91. The van der Waals surface area contributed by atoms with Crippen molar-refractivity contribution in [3.05, 3.63) is 70.6 Å². The lowest BCUT2D eigenvalue weighted by Gasteiger charge is -2.23. The summed E-state index contributed by atoms with van der Waals surface area (Å²) < 4.78 is 68.3. The molecular formula is C29H34F3N5O4S. The van der Waals surface area contributed by atoms with E-state index in [9.17, 15) is 31.2 Å². The standard InChI is InChI=1S/C29H34F3N5O4S/c1-6-42(40,41)22-12-10-20(33-16-22)15-34-26(39)25-18(2)37(27(35-25)28(3,4)5)17-19-9-11-21(14-23(19)29(30,31)32)36-13-7-8-24(36)38/h9-12,14,16H,6-8,13,15,17H2,1-5H3,(H,34,39). The Morgan fingerprint density at radius 3 is 2.38 bits per heavy atom. The van der Waals surface area contributed by atoms with Crippen molar-refractivity contribution in [2.75, 3.05) is 17.2 Å². The third-order valence-electron chi connectivity index (χ3n) is 7.19. The smallest absolute Gasteiger partial charge is 0.345 e. The summed E-state index contributed by atoms with van der Waals surface area (Å²) in [4.78, 5) is 35.5. The fourth-order valence-electron chi connectivity index (χ4n) is 4.86. The van der Waals surface area contributed by atoms with Gasteiger partial charge in [0.25, 0.3) is 5.91 Å². The van der Waals surface area contributed by atoms with Crippen LogP contribution in [0.4, 0.5) is 18.9 Å². The Labute approximate surface area is 243 Å².